The summed E-state index contributed by atoms with van der Waals surface area (Å²) < 4.78 is 42.8. The molecule has 3 aromatic rings. The van der Waals surface area contributed by atoms with Gasteiger partial charge in [0.15, 0.2) is 0 Å². The summed E-state index contributed by atoms with van der Waals surface area (Å²) in [6, 6.07) is 3.53. The maximum absolute atomic E-state index is 12.2. The first-order valence-electron chi connectivity index (χ1n) is 8.40. The highest BCUT2D eigenvalue weighted by atomic mass is 19.4. The molecular formula is C18H18F3N5O2. The number of aromatic nitrogens is 4. The molecule has 28 heavy (non-hydrogen) atoms. The molecule has 148 valence electrons. The maximum Gasteiger partial charge on any atom is 0.411 e. The molecule has 3 aromatic heterocycles. The van der Waals surface area contributed by atoms with Gasteiger partial charge in [0.1, 0.15) is 12.3 Å². The zero-order valence-electron chi connectivity index (χ0n) is 15.2. The Morgan fingerprint density at radius 3 is 2.79 bits per heavy atom. The van der Waals surface area contributed by atoms with Crippen molar-refractivity contribution in [2.75, 3.05) is 13.7 Å². The number of amides is 1. The van der Waals surface area contributed by atoms with Crippen LogP contribution in [0.15, 0.2) is 30.7 Å². The molecule has 0 radical (unpaired) electrons. The molecule has 1 amide bonds. The SMILES string of the molecule is CNC(=O)c1nccc2nn(Cc3cnc(COCC(F)(F)F)c(C)c3)cc12. The van der Waals surface area contributed by atoms with Gasteiger partial charge in [-0.25, -0.2) is 0 Å². The summed E-state index contributed by atoms with van der Waals surface area (Å²) in [5, 5.41) is 7.60. The van der Waals surface area contributed by atoms with Gasteiger partial charge in [-0.3, -0.25) is 19.4 Å². The van der Waals surface area contributed by atoms with Gasteiger partial charge in [-0.1, -0.05) is 6.07 Å². The summed E-state index contributed by atoms with van der Waals surface area (Å²) in [4.78, 5) is 20.2. The van der Waals surface area contributed by atoms with Gasteiger partial charge in [-0.15, -0.1) is 0 Å². The standard InChI is InChI=1S/C18H18F3N5O2/c1-11-5-12(6-24-15(11)9-28-10-18(19,20)21)7-26-8-13-14(25-26)3-4-23-16(13)17(27)22-2/h3-6,8H,7,9-10H2,1-2H3,(H,22,27). The highest BCUT2D eigenvalue weighted by molar-refractivity contribution is 6.03. The number of nitrogens with one attached hydrogen (secondary N) is 1. The second-order valence-corrected chi connectivity index (χ2v) is 6.21. The first-order valence-corrected chi connectivity index (χ1v) is 8.40. The molecule has 0 aliphatic rings. The van der Waals surface area contributed by atoms with E-state index >= 15 is 0 Å². The molecule has 3 rings (SSSR count). The monoisotopic (exact) mass is 393 g/mol. The number of pyridine rings is 2. The zero-order valence-corrected chi connectivity index (χ0v) is 15.2. The van der Waals surface area contributed by atoms with E-state index < -0.39 is 12.8 Å². The van der Waals surface area contributed by atoms with E-state index in [0.29, 0.717) is 23.1 Å². The Morgan fingerprint density at radius 1 is 1.32 bits per heavy atom. The van der Waals surface area contributed by atoms with E-state index in [-0.39, 0.29) is 18.2 Å². The molecule has 0 bridgehead atoms. The zero-order chi connectivity index (χ0) is 20.3. The van der Waals surface area contributed by atoms with E-state index in [1.165, 1.54) is 13.2 Å². The van der Waals surface area contributed by atoms with E-state index in [4.69, 9.17) is 0 Å². The first-order chi connectivity index (χ1) is 13.3. The number of halogens is 3. The predicted molar refractivity (Wildman–Crippen MR) is 94.7 cm³/mol. The topological polar surface area (TPSA) is 81.9 Å². The van der Waals surface area contributed by atoms with Crippen LogP contribution in [0.2, 0.25) is 0 Å². The molecule has 0 saturated heterocycles. The number of rotatable bonds is 6. The minimum Gasteiger partial charge on any atom is -0.366 e. The van der Waals surface area contributed by atoms with E-state index in [2.05, 4.69) is 25.1 Å². The van der Waals surface area contributed by atoms with Crippen LogP contribution in [-0.2, 0) is 17.9 Å². The van der Waals surface area contributed by atoms with Crippen molar-refractivity contribution < 1.29 is 22.7 Å². The average molecular weight is 393 g/mol. The van der Waals surface area contributed by atoms with Crippen molar-refractivity contribution in [3.63, 3.8) is 0 Å². The van der Waals surface area contributed by atoms with Crippen molar-refractivity contribution in [3.05, 3.63) is 53.2 Å². The summed E-state index contributed by atoms with van der Waals surface area (Å²) in [5.41, 5.74) is 2.92. The van der Waals surface area contributed by atoms with Crippen LogP contribution in [-0.4, -0.2) is 45.5 Å². The van der Waals surface area contributed by atoms with Gasteiger partial charge >= 0.3 is 6.18 Å². The fourth-order valence-corrected chi connectivity index (χ4v) is 2.72. The second-order valence-electron chi connectivity index (χ2n) is 6.21. The average Bonchev–Trinajstić information content (AvgIpc) is 3.04. The molecule has 1 N–H and O–H groups in total. The van der Waals surface area contributed by atoms with Crippen molar-refractivity contribution >= 4 is 16.8 Å². The largest absolute Gasteiger partial charge is 0.411 e. The highest BCUT2D eigenvalue weighted by Crippen LogP contribution is 2.18. The summed E-state index contributed by atoms with van der Waals surface area (Å²) in [6.45, 7) is 0.630. The third-order valence-electron chi connectivity index (χ3n) is 4.02. The molecule has 0 unspecified atom stereocenters. The van der Waals surface area contributed by atoms with E-state index in [9.17, 15) is 18.0 Å². The lowest BCUT2D eigenvalue weighted by molar-refractivity contribution is -0.176. The summed E-state index contributed by atoms with van der Waals surface area (Å²) >= 11 is 0. The number of hydrogen-bond donors (Lipinski definition) is 1. The number of carbonyl (C=O) groups excluding carboxylic acids is 1. The molecule has 7 nitrogen and oxygen atoms in total. The van der Waals surface area contributed by atoms with Crippen LogP contribution in [0.1, 0.15) is 27.3 Å². The van der Waals surface area contributed by atoms with E-state index in [1.807, 2.05) is 6.07 Å². The normalized spacial score (nSPS) is 11.8. The molecule has 3 heterocycles. The summed E-state index contributed by atoms with van der Waals surface area (Å²) in [5.74, 6) is -0.300. The third kappa shape index (κ3) is 4.63. The van der Waals surface area contributed by atoms with Crippen LogP contribution in [0.5, 0.6) is 0 Å². The Balaban J connectivity index is 1.75. The lowest BCUT2D eigenvalue weighted by Crippen LogP contribution is -2.19. The molecule has 0 atom stereocenters. The van der Waals surface area contributed by atoms with Gasteiger partial charge in [-0.05, 0) is 24.1 Å². The highest BCUT2D eigenvalue weighted by Gasteiger charge is 2.27. The Hall–Kier alpha value is -3.01. The van der Waals surface area contributed by atoms with Crippen LogP contribution < -0.4 is 5.32 Å². The van der Waals surface area contributed by atoms with Gasteiger partial charge in [0, 0.05) is 25.6 Å². The molecule has 0 aliphatic carbocycles. The van der Waals surface area contributed by atoms with Crippen LogP contribution in [0.4, 0.5) is 13.2 Å². The van der Waals surface area contributed by atoms with Gasteiger partial charge < -0.3 is 10.1 Å². The van der Waals surface area contributed by atoms with E-state index in [0.717, 1.165) is 11.1 Å². The number of nitrogens with zero attached hydrogens (tertiary/aromatic N) is 4. The third-order valence-corrected chi connectivity index (χ3v) is 4.02. The Bertz CT molecular complexity index is 1000. The number of alkyl halides is 3. The predicted octanol–water partition coefficient (Wildman–Crippen LogP) is 2.62. The smallest absolute Gasteiger partial charge is 0.366 e. The fourth-order valence-electron chi connectivity index (χ4n) is 2.72. The summed E-state index contributed by atoms with van der Waals surface area (Å²) in [6.07, 6.45) is 0.455. The lowest BCUT2D eigenvalue weighted by atomic mass is 10.1. The van der Waals surface area contributed by atoms with Crippen molar-refractivity contribution in [1.29, 1.82) is 0 Å². The van der Waals surface area contributed by atoms with Crippen molar-refractivity contribution in [2.24, 2.45) is 0 Å². The lowest BCUT2D eigenvalue weighted by Gasteiger charge is -2.10. The first kappa shape index (κ1) is 19.7. The molecule has 0 saturated carbocycles. The van der Waals surface area contributed by atoms with Crippen LogP contribution in [0.3, 0.4) is 0 Å². The van der Waals surface area contributed by atoms with Crippen LogP contribution in [0, 0.1) is 6.92 Å². The molecule has 0 aliphatic heterocycles. The fraction of sp³-hybridized carbons (Fsp3) is 0.333. The van der Waals surface area contributed by atoms with Crippen molar-refractivity contribution in [2.45, 2.75) is 26.3 Å². The number of fused-ring (bicyclic) bond motifs is 1. The molecule has 0 aromatic carbocycles. The van der Waals surface area contributed by atoms with Crippen LogP contribution in [0.25, 0.3) is 10.9 Å². The van der Waals surface area contributed by atoms with Gasteiger partial charge in [0.25, 0.3) is 5.91 Å². The number of carbonyl (C=O) groups is 1. The van der Waals surface area contributed by atoms with E-state index in [1.54, 1.807) is 30.1 Å². The molecule has 0 spiro atoms. The van der Waals surface area contributed by atoms with Gasteiger partial charge in [-0.2, -0.15) is 18.3 Å². The van der Waals surface area contributed by atoms with Crippen molar-refractivity contribution in [1.82, 2.24) is 25.1 Å². The van der Waals surface area contributed by atoms with Crippen LogP contribution >= 0.6 is 0 Å². The quantitative estimate of drug-likeness (QED) is 0.696. The Labute approximate surface area is 158 Å². The van der Waals surface area contributed by atoms with Gasteiger partial charge in [0.2, 0.25) is 0 Å². The number of aryl methyl sites for hydroxylation is 1. The molecule has 0 fully saturated rings. The second kappa shape index (κ2) is 7.93. The number of hydrogen-bond acceptors (Lipinski definition) is 5. The molecule has 10 heteroatoms. The van der Waals surface area contributed by atoms with Crippen molar-refractivity contribution in [3.8, 4) is 0 Å². The van der Waals surface area contributed by atoms with Gasteiger partial charge in [0.05, 0.1) is 29.7 Å². The summed E-state index contributed by atoms with van der Waals surface area (Å²) in [7, 11) is 1.53. The maximum atomic E-state index is 12.2. The Morgan fingerprint density at radius 2 is 2.11 bits per heavy atom. The Kier molecular flexibility index (Phi) is 5.59. The minimum absolute atomic E-state index is 0.210. The molecular weight excluding hydrogens is 375 g/mol. The number of ether oxygens (including phenoxy) is 1. The minimum atomic E-state index is -4.36.